The van der Waals surface area contributed by atoms with Crippen molar-refractivity contribution in [1.29, 1.82) is 0 Å². The Morgan fingerprint density at radius 1 is 1.11 bits per heavy atom. The average molecular weight is 629 g/mol. The Hall–Kier alpha value is -4.04. The van der Waals surface area contributed by atoms with Crippen LogP contribution in [0, 0.1) is 29.4 Å². The summed E-state index contributed by atoms with van der Waals surface area (Å²) in [5, 5.41) is 22.8. The maximum absolute atomic E-state index is 16.9. The van der Waals surface area contributed by atoms with Crippen LogP contribution in [0.3, 0.4) is 0 Å². The van der Waals surface area contributed by atoms with Crippen LogP contribution in [-0.2, 0) is 4.74 Å². The number of aliphatic hydroxyl groups is 1. The molecule has 0 spiro atoms. The number of rotatable bonds is 5. The third-order valence-electron chi connectivity index (χ3n) is 10.1. The maximum Gasteiger partial charge on any atom is 0.319 e. The molecule has 7 rings (SSSR count). The van der Waals surface area contributed by atoms with Crippen LogP contribution in [0.1, 0.15) is 44.6 Å². The molecule has 2 saturated heterocycles. The van der Waals surface area contributed by atoms with E-state index in [-0.39, 0.29) is 52.5 Å². The Bertz CT molecular complexity index is 1880. The van der Waals surface area contributed by atoms with Gasteiger partial charge in [0, 0.05) is 34.3 Å². The van der Waals surface area contributed by atoms with Crippen LogP contribution < -0.4 is 9.64 Å². The summed E-state index contributed by atoms with van der Waals surface area (Å²) < 4.78 is 43.8. The van der Waals surface area contributed by atoms with E-state index in [1.54, 1.807) is 19.1 Å². The molecule has 0 bridgehead atoms. The number of hydrogen-bond donors (Lipinski definition) is 2. The molecular weight excluding hydrogens is 590 g/mol. The van der Waals surface area contributed by atoms with Crippen molar-refractivity contribution in [2.24, 2.45) is 5.41 Å². The van der Waals surface area contributed by atoms with Gasteiger partial charge < -0.3 is 29.5 Å². The number of aromatic hydroxyl groups is 1. The first kappa shape index (κ1) is 30.6. The van der Waals surface area contributed by atoms with Gasteiger partial charge in [-0.25, -0.2) is 8.78 Å². The molecule has 2 N–H and O–H groups in total. The van der Waals surface area contributed by atoms with Crippen molar-refractivity contribution >= 4 is 27.5 Å². The zero-order chi connectivity index (χ0) is 32.2. The van der Waals surface area contributed by atoms with Crippen LogP contribution in [0.2, 0.25) is 0 Å². The first-order chi connectivity index (χ1) is 22.1. The lowest BCUT2D eigenvalue weighted by Gasteiger charge is -2.44. The van der Waals surface area contributed by atoms with Gasteiger partial charge >= 0.3 is 6.01 Å². The summed E-state index contributed by atoms with van der Waals surface area (Å²) in [4.78, 5) is 13.8. The zero-order valence-electron chi connectivity index (χ0n) is 26.2. The number of anilines is 1. The van der Waals surface area contributed by atoms with Crippen molar-refractivity contribution in [3.8, 4) is 35.2 Å². The fourth-order valence-electron chi connectivity index (χ4n) is 7.99. The van der Waals surface area contributed by atoms with Gasteiger partial charge in [-0.3, -0.25) is 0 Å². The number of hydrogen-bond acceptors (Lipinski definition) is 8. The third-order valence-corrected chi connectivity index (χ3v) is 10.1. The summed E-state index contributed by atoms with van der Waals surface area (Å²) in [6.07, 6.45) is 11.1. The number of benzene rings is 3. The van der Waals surface area contributed by atoms with Gasteiger partial charge in [0.2, 0.25) is 0 Å². The summed E-state index contributed by atoms with van der Waals surface area (Å²) in [5.41, 5.74) is -0.851. The van der Waals surface area contributed by atoms with Crippen molar-refractivity contribution in [1.82, 2.24) is 14.9 Å². The number of phenolic OH excluding ortho intramolecular Hbond substituents is 1. The molecule has 4 aromatic rings. The Kier molecular flexibility index (Phi) is 7.74. The summed E-state index contributed by atoms with van der Waals surface area (Å²) >= 11 is 0. The molecule has 46 heavy (non-hydrogen) atoms. The van der Waals surface area contributed by atoms with E-state index in [1.165, 1.54) is 24.3 Å². The van der Waals surface area contributed by atoms with Gasteiger partial charge in [0.05, 0.1) is 31.9 Å². The molecule has 3 heterocycles. The predicted octanol–water partition coefficient (Wildman–Crippen LogP) is 5.65. The van der Waals surface area contributed by atoms with Crippen LogP contribution in [0.4, 0.5) is 14.6 Å². The highest BCUT2D eigenvalue weighted by Crippen LogP contribution is 2.48. The fraction of sp³-hybridized carbons (Fsp3) is 0.444. The smallest absolute Gasteiger partial charge is 0.319 e. The van der Waals surface area contributed by atoms with E-state index in [2.05, 4.69) is 22.9 Å². The van der Waals surface area contributed by atoms with Crippen molar-refractivity contribution < 1.29 is 28.5 Å². The lowest BCUT2D eigenvalue weighted by Crippen LogP contribution is -2.50. The molecule has 0 amide bonds. The zero-order valence-corrected chi connectivity index (χ0v) is 26.2. The quantitative estimate of drug-likeness (QED) is 0.275. The Labute approximate surface area is 267 Å². The van der Waals surface area contributed by atoms with E-state index in [1.807, 2.05) is 4.90 Å². The largest absolute Gasteiger partial charge is 0.508 e. The molecule has 2 aliphatic heterocycles. The summed E-state index contributed by atoms with van der Waals surface area (Å²) in [6.45, 7) is 4.30. The van der Waals surface area contributed by atoms with Crippen molar-refractivity contribution in [3.63, 3.8) is 0 Å². The van der Waals surface area contributed by atoms with Gasteiger partial charge in [-0.15, -0.1) is 6.42 Å². The second kappa shape index (κ2) is 11.6. The molecule has 10 heteroatoms. The minimum atomic E-state index is -1.16. The van der Waals surface area contributed by atoms with Gasteiger partial charge in [0.1, 0.15) is 28.5 Å². The van der Waals surface area contributed by atoms with Gasteiger partial charge in [0.25, 0.3) is 0 Å². The number of β-amino-alcohol motifs (C(OH)–C–C–N with tert-alkyl or cyclic N) is 1. The number of halogens is 2. The summed E-state index contributed by atoms with van der Waals surface area (Å²) in [7, 11) is 2.17. The standard InChI is InChI=1S/C36H38F2N4O4/c1-4-24-28(37)11-8-22-17-23(43)18-27(30(22)24)25-9-10-26-32(31(25)38)39-34(40-33(26)42-15-16-45-20-35(2,44)19-42)46-21-36-12-5-7-29(36)41(3)14-6-13-36/h1,8-11,17-18,29,43-44H,5-7,12-16,19-21H2,2-3H3. The molecule has 3 aromatic carbocycles. The molecule has 240 valence electrons. The number of terminal acetylenes is 1. The molecular formula is C36H38F2N4O4. The Morgan fingerprint density at radius 3 is 2.76 bits per heavy atom. The third kappa shape index (κ3) is 5.30. The normalized spacial score (nSPS) is 25.4. The van der Waals surface area contributed by atoms with Crippen molar-refractivity contribution in [2.45, 2.75) is 50.7 Å². The topological polar surface area (TPSA) is 91.2 Å². The van der Waals surface area contributed by atoms with Gasteiger partial charge in [-0.05, 0) is 81.4 Å². The van der Waals surface area contributed by atoms with E-state index in [0.717, 1.165) is 38.6 Å². The molecule has 3 atom stereocenters. The predicted molar refractivity (Wildman–Crippen MR) is 173 cm³/mol. The maximum atomic E-state index is 16.9. The summed E-state index contributed by atoms with van der Waals surface area (Å²) in [5.74, 6) is 1.41. The lowest BCUT2D eigenvalue weighted by atomic mass is 9.76. The van der Waals surface area contributed by atoms with Crippen LogP contribution in [0.25, 0.3) is 32.8 Å². The van der Waals surface area contributed by atoms with Crippen LogP contribution in [-0.4, -0.2) is 83.2 Å². The van der Waals surface area contributed by atoms with Crippen LogP contribution >= 0.6 is 0 Å². The number of nitrogens with zero attached hydrogens (tertiary/aromatic N) is 4. The minimum absolute atomic E-state index is 0.0127. The number of aromatic nitrogens is 2. The highest BCUT2D eigenvalue weighted by Gasteiger charge is 2.47. The number of fused-ring (bicyclic) bond motifs is 3. The molecule has 3 fully saturated rings. The summed E-state index contributed by atoms with van der Waals surface area (Å²) in [6, 6.07) is 9.33. The van der Waals surface area contributed by atoms with Crippen molar-refractivity contribution in [2.75, 3.05) is 51.4 Å². The van der Waals surface area contributed by atoms with Gasteiger partial charge in [0.15, 0.2) is 5.82 Å². The molecule has 1 saturated carbocycles. The van der Waals surface area contributed by atoms with Crippen LogP contribution in [0.15, 0.2) is 36.4 Å². The monoisotopic (exact) mass is 628 g/mol. The Morgan fingerprint density at radius 2 is 1.93 bits per heavy atom. The first-order valence-electron chi connectivity index (χ1n) is 15.9. The number of ether oxygens (including phenoxy) is 2. The number of phenols is 1. The lowest BCUT2D eigenvalue weighted by molar-refractivity contribution is -0.0123. The molecule has 0 radical (unpaired) electrons. The number of piperidine rings is 1. The van der Waals surface area contributed by atoms with E-state index >= 15 is 4.39 Å². The average Bonchev–Trinajstić information content (AvgIpc) is 3.38. The highest BCUT2D eigenvalue weighted by molar-refractivity contribution is 6.04. The molecule has 3 unspecified atom stereocenters. The van der Waals surface area contributed by atoms with Crippen LogP contribution in [0.5, 0.6) is 11.8 Å². The SMILES string of the molecule is C#Cc1c(F)ccc2cc(O)cc(-c3ccc4c(N5CCOCC(C)(O)C5)nc(OCC56CCCC5N(C)CCC6)nc4c3F)c12. The Balaban J connectivity index is 1.39. The molecule has 3 aliphatic rings. The van der Waals surface area contributed by atoms with E-state index in [4.69, 9.17) is 20.9 Å². The molecule has 8 nitrogen and oxygen atoms in total. The van der Waals surface area contributed by atoms with Crippen molar-refractivity contribution in [3.05, 3.63) is 53.6 Å². The molecule has 1 aromatic heterocycles. The first-order valence-corrected chi connectivity index (χ1v) is 15.9. The van der Waals surface area contributed by atoms with Gasteiger partial charge in [-0.2, -0.15) is 9.97 Å². The number of likely N-dealkylation sites (tertiary alicyclic amines) is 1. The molecule has 1 aliphatic carbocycles. The van der Waals surface area contributed by atoms with E-state index in [9.17, 15) is 14.6 Å². The second-order valence-electron chi connectivity index (χ2n) is 13.4. The minimum Gasteiger partial charge on any atom is -0.508 e. The highest BCUT2D eigenvalue weighted by atomic mass is 19.1. The second-order valence-corrected chi connectivity index (χ2v) is 13.4. The van der Waals surface area contributed by atoms with E-state index < -0.39 is 17.2 Å². The van der Waals surface area contributed by atoms with E-state index in [0.29, 0.717) is 47.8 Å². The fourth-order valence-corrected chi connectivity index (χ4v) is 7.99. The van der Waals surface area contributed by atoms with Gasteiger partial charge in [-0.1, -0.05) is 24.5 Å².